The number of hydrogen-bond acceptors (Lipinski definition) is 9. The van der Waals surface area contributed by atoms with E-state index in [9.17, 15) is 23.6 Å². The van der Waals surface area contributed by atoms with Crippen molar-refractivity contribution in [3.05, 3.63) is 82.7 Å². The number of aliphatic imine (C=N–C) groups is 1. The third-order valence-electron chi connectivity index (χ3n) is 7.71. The van der Waals surface area contributed by atoms with Crippen molar-refractivity contribution in [1.29, 1.82) is 0 Å². The number of pyridine rings is 1. The molecule has 0 unspecified atom stereocenters. The van der Waals surface area contributed by atoms with E-state index in [1.54, 1.807) is 33.9 Å². The van der Waals surface area contributed by atoms with Crippen LogP contribution in [0.3, 0.4) is 0 Å². The number of urea groups is 1. The number of hydrogen-bond donors (Lipinski definition) is 3. The summed E-state index contributed by atoms with van der Waals surface area (Å²) in [6.45, 7) is 4.54. The van der Waals surface area contributed by atoms with Crippen molar-refractivity contribution in [2.24, 2.45) is 16.1 Å². The summed E-state index contributed by atoms with van der Waals surface area (Å²) in [6, 6.07) is 9.02. The van der Waals surface area contributed by atoms with Gasteiger partial charge < -0.3 is 25.4 Å². The number of nitrogens with zero attached hydrogens (tertiary/aromatic N) is 3. The number of carbonyl (C=O) groups excluding carboxylic acids is 4. The fourth-order valence-electron chi connectivity index (χ4n) is 5.13. The maximum atomic E-state index is 15.9. The number of amides is 4. The summed E-state index contributed by atoms with van der Waals surface area (Å²) in [6.07, 6.45) is 2.75. The maximum absolute atomic E-state index is 15.9. The number of aromatic nitrogens is 1. The van der Waals surface area contributed by atoms with Crippen molar-refractivity contribution in [1.82, 2.24) is 20.5 Å². The van der Waals surface area contributed by atoms with Crippen LogP contribution in [-0.2, 0) is 16.1 Å². The molecule has 1 atom stereocenters. The van der Waals surface area contributed by atoms with Crippen LogP contribution in [0.15, 0.2) is 53.7 Å². The van der Waals surface area contributed by atoms with Gasteiger partial charge in [0.2, 0.25) is 5.54 Å². The summed E-state index contributed by atoms with van der Waals surface area (Å²) < 4.78 is 41.4. The molecule has 2 aliphatic rings. The van der Waals surface area contributed by atoms with E-state index in [0.717, 1.165) is 6.07 Å². The molecule has 0 saturated carbocycles. The monoisotopic (exact) mass is 670 g/mol. The largest absolute Gasteiger partial charge is 0.494 e. The number of carbonyl (C=O) groups is 4. The fourth-order valence-corrected chi connectivity index (χ4v) is 5.13. The molecule has 2 aromatic carbocycles. The lowest BCUT2D eigenvalue weighted by molar-refractivity contribution is -0.143. The summed E-state index contributed by atoms with van der Waals surface area (Å²) in [5.41, 5.74) is 3.97. The number of nitrogens with two attached hydrogens (primary N) is 1. The van der Waals surface area contributed by atoms with Crippen LogP contribution >= 0.6 is 0 Å². The number of allylic oxidation sites excluding steroid dienone is 1. The minimum Gasteiger partial charge on any atom is -0.494 e. The number of esters is 1. The average molecular weight is 671 g/mol. The average Bonchev–Trinajstić information content (AvgIpc) is 3.52. The van der Waals surface area contributed by atoms with Gasteiger partial charge in [-0.05, 0) is 62.7 Å². The molecule has 0 aliphatic carbocycles. The van der Waals surface area contributed by atoms with Crippen LogP contribution < -0.4 is 25.8 Å². The van der Waals surface area contributed by atoms with Crippen LogP contribution in [0, 0.1) is 28.9 Å². The Balaban J connectivity index is 1.50. The van der Waals surface area contributed by atoms with Crippen molar-refractivity contribution in [3.63, 3.8) is 0 Å². The highest BCUT2D eigenvalue weighted by Gasteiger charge is 2.49. The summed E-state index contributed by atoms with van der Waals surface area (Å²) >= 11 is 0. The molecule has 1 aromatic heterocycles. The van der Waals surface area contributed by atoms with E-state index in [2.05, 4.69) is 32.5 Å². The number of fused-ring (bicyclic) bond motifs is 1. The van der Waals surface area contributed by atoms with Crippen molar-refractivity contribution in [3.8, 4) is 34.6 Å². The lowest BCUT2D eigenvalue weighted by atomic mass is 9.97. The van der Waals surface area contributed by atoms with Gasteiger partial charge in [0, 0.05) is 42.7 Å². The van der Waals surface area contributed by atoms with Gasteiger partial charge in [-0.1, -0.05) is 17.9 Å². The smallest absolute Gasteiger partial charge is 0.323 e. The van der Waals surface area contributed by atoms with Crippen LogP contribution in [0.4, 0.5) is 13.6 Å². The SMILES string of the molecule is CN=CC(=CN)c1ccc(OC(=O)C(C)(C)C)c(-c2ccc(C#C[C@]3(CN4Cc5ccc(OC)c(F)c5C4=O)NC(=O)NC3=O)cc2F)n1. The predicted molar refractivity (Wildman–Crippen MR) is 175 cm³/mol. The first-order valence-corrected chi connectivity index (χ1v) is 14.9. The zero-order chi connectivity index (χ0) is 35.7. The highest BCUT2D eigenvalue weighted by molar-refractivity contribution is 6.10. The van der Waals surface area contributed by atoms with Crippen LogP contribution in [0.1, 0.15) is 48.0 Å². The van der Waals surface area contributed by atoms with Crippen LogP contribution in [0.25, 0.3) is 16.8 Å². The molecule has 3 heterocycles. The topological polar surface area (TPSA) is 165 Å². The highest BCUT2D eigenvalue weighted by Crippen LogP contribution is 2.34. The lowest BCUT2D eigenvalue weighted by Crippen LogP contribution is -2.54. The van der Waals surface area contributed by atoms with Gasteiger partial charge in [-0.3, -0.25) is 24.7 Å². The number of benzene rings is 2. The molecule has 1 saturated heterocycles. The van der Waals surface area contributed by atoms with Crippen molar-refractivity contribution in [2.45, 2.75) is 32.9 Å². The van der Waals surface area contributed by atoms with E-state index >= 15 is 4.39 Å². The van der Waals surface area contributed by atoms with Gasteiger partial charge in [0.15, 0.2) is 17.3 Å². The summed E-state index contributed by atoms with van der Waals surface area (Å²) in [5.74, 6) is 1.53. The zero-order valence-electron chi connectivity index (χ0n) is 27.2. The molecular weight excluding hydrogens is 638 g/mol. The molecular formula is C35H32F2N6O6. The number of halogens is 2. The zero-order valence-corrected chi connectivity index (χ0v) is 27.2. The second-order valence-corrected chi connectivity index (χ2v) is 12.2. The van der Waals surface area contributed by atoms with Crippen molar-refractivity contribution >= 4 is 35.6 Å². The summed E-state index contributed by atoms with van der Waals surface area (Å²) in [4.78, 5) is 60.9. The second-order valence-electron chi connectivity index (χ2n) is 12.2. The first-order valence-electron chi connectivity index (χ1n) is 14.9. The molecule has 49 heavy (non-hydrogen) atoms. The standard InChI is InChI=1S/C35H32F2N6O6/c1-34(2,3)32(46)49-26-11-9-24(21(15-38)16-39-4)40-29(26)22-8-6-19(14-23(22)36)12-13-35(31(45)41-33(47)42-35)18-43-17-20-7-10-25(48-5)28(37)27(20)30(43)44/h6-11,14-16H,17-18,38H2,1-5H3,(H2,41,42,45,47)/t35-/m1/s1. The van der Waals surface area contributed by atoms with Gasteiger partial charge in [-0.2, -0.15) is 0 Å². The Morgan fingerprint density at radius 2 is 1.88 bits per heavy atom. The third-order valence-corrected chi connectivity index (χ3v) is 7.71. The Bertz CT molecular complexity index is 2030. The molecule has 2 aliphatic heterocycles. The number of methoxy groups -OCH3 is 1. The molecule has 3 aromatic rings. The maximum Gasteiger partial charge on any atom is 0.323 e. The molecule has 0 spiro atoms. The Kier molecular flexibility index (Phi) is 9.22. The van der Waals surface area contributed by atoms with Gasteiger partial charge >= 0.3 is 12.0 Å². The minimum absolute atomic E-state index is 0.000781. The molecule has 1 fully saturated rings. The van der Waals surface area contributed by atoms with Crippen molar-refractivity contribution in [2.75, 3.05) is 20.7 Å². The van der Waals surface area contributed by atoms with E-state index in [1.807, 2.05) is 0 Å². The second kappa shape index (κ2) is 13.2. The molecule has 252 valence electrons. The van der Waals surface area contributed by atoms with Gasteiger partial charge in [0.1, 0.15) is 11.5 Å². The van der Waals surface area contributed by atoms with Crippen LogP contribution in [0.5, 0.6) is 11.5 Å². The molecule has 5 rings (SSSR count). The Hall–Kier alpha value is -6.10. The fraction of sp³-hybridized carbons (Fsp3) is 0.257. The predicted octanol–water partition coefficient (Wildman–Crippen LogP) is 3.57. The number of nitrogens with one attached hydrogen (secondary N) is 2. The van der Waals surface area contributed by atoms with Crippen LogP contribution in [-0.4, -0.2) is 66.2 Å². The molecule has 14 heteroatoms. The van der Waals surface area contributed by atoms with E-state index in [0.29, 0.717) is 16.8 Å². The lowest BCUT2D eigenvalue weighted by Gasteiger charge is -2.26. The van der Waals surface area contributed by atoms with Gasteiger partial charge in [-0.15, -0.1) is 0 Å². The third kappa shape index (κ3) is 6.68. The Morgan fingerprint density at radius 3 is 2.49 bits per heavy atom. The number of imide groups is 1. The molecule has 12 nitrogen and oxygen atoms in total. The van der Waals surface area contributed by atoms with E-state index < -0.39 is 52.9 Å². The van der Waals surface area contributed by atoms with Gasteiger partial charge in [0.05, 0.1) is 30.3 Å². The quantitative estimate of drug-likeness (QED) is 0.149. The molecule has 0 radical (unpaired) electrons. The van der Waals surface area contributed by atoms with Gasteiger partial charge in [0.25, 0.3) is 11.8 Å². The Labute approximate surface area is 280 Å². The van der Waals surface area contributed by atoms with E-state index in [1.165, 1.54) is 54.8 Å². The molecule has 4 N–H and O–H groups in total. The number of ether oxygens (including phenoxy) is 2. The highest BCUT2D eigenvalue weighted by atomic mass is 19.1. The summed E-state index contributed by atoms with van der Waals surface area (Å²) in [7, 11) is 2.82. The number of rotatable bonds is 7. The van der Waals surface area contributed by atoms with Crippen molar-refractivity contribution < 1.29 is 37.4 Å². The van der Waals surface area contributed by atoms with Gasteiger partial charge in [-0.25, -0.2) is 18.6 Å². The Morgan fingerprint density at radius 1 is 1.14 bits per heavy atom. The van der Waals surface area contributed by atoms with E-state index in [-0.39, 0.29) is 40.4 Å². The molecule has 0 bridgehead atoms. The van der Waals surface area contributed by atoms with E-state index in [4.69, 9.17) is 15.2 Å². The van der Waals surface area contributed by atoms with Crippen LogP contribution in [0.2, 0.25) is 0 Å². The summed E-state index contributed by atoms with van der Waals surface area (Å²) in [5, 5.41) is 4.57. The normalized spacial score (nSPS) is 17.4. The first-order chi connectivity index (χ1) is 23.2. The first kappa shape index (κ1) is 34.2. The minimum atomic E-state index is -1.93. The molecule has 4 amide bonds.